The van der Waals surface area contributed by atoms with Crippen LogP contribution in [0.15, 0.2) is 34.5 Å². The zero-order chi connectivity index (χ0) is 15.4. The lowest BCUT2D eigenvalue weighted by atomic mass is 10.2. The predicted molar refractivity (Wildman–Crippen MR) is 89.0 cm³/mol. The number of benzene rings is 1. The van der Waals surface area contributed by atoms with Gasteiger partial charge in [0, 0.05) is 31.6 Å². The Labute approximate surface area is 134 Å². The Balaban J connectivity index is 1.89. The Morgan fingerprint density at radius 3 is 2.77 bits per heavy atom. The van der Waals surface area contributed by atoms with E-state index in [9.17, 15) is 5.11 Å². The van der Waals surface area contributed by atoms with Crippen LogP contribution >= 0.6 is 12.2 Å². The van der Waals surface area contributed by atoms with Crippen molar-refractivity contribution in [3.8, 4) is 5.88 Å². The summed E-state index contributed by atoms with van der Waals surface area (Å²) in [6.45, 7) is 4.95. The van der Waals surface area contributed by atoms with Crippen molar-refractivity contribution in [2.24, 2.45) is 10.2 Å². The monoisotopic (exact) mass is 318 g/mol. The number of rotatable bonds is 5. The number of hydrogen-bond acceptors (Lipinski definition) is 5. The first-order valence-corrected chi connectivity index (χ1v) is 7.73. The van der Waals surface area contributed by atoms with E-state index in [1.54, 1.807) is 0 Å². The summed E-state index contributed by atoms with van der Waals surface area (Å²) in [7, 11) is 0. The zero-order valence-electron chi connectivity index (χ0n) is 12.2. The number of aromatic nitrogens is 1. The first-order valence-electron chi connectivity index (χ1n) is 7.26. The van der Waals surface area contributed by atoms with Crippen LogP contribution in [0.1, 0.15) is 0 Å². The molecule has 1 N–H and O–H groups in total. The van der Waals surface area contributed by atoms with Gasteiger partial charge >= 0.3 is 0 Å². The van der Waals surface area contributed by atoms with Gasteiger partial charge in [-0.1, -0.05) is 30.4 Å². The maximum absolute atomic E-state index is 10.5. The van der Waals surface area contributed by atoms with Crippen molar-refractivity contribution in [3.63, 3.8) is 0 Å². The molecular weight excluding hydrogens is 300 g/mol. The number of azo groups is 1. The van der Waals surface area contributed by atoms with Crippen LogP contribution in [0.3, 0.4) is 0 Å². The third-order valence-corrected chi connectivity index (χ3v) is 3.96. The number of morpholine rings is 1. The molecule has 0 unspecified atom stereocenters. The molecule has 0 bridgehead atoms. The molecule has 0 radical (unpaired) electrons. The number of hydrogen-bond donors (Lipinski definition) is 1. The number of aromatic hydroxyl groups is 1. The largest absolute Gasteiger partial charge is 0.493 e. The standard InChI is InChI=1S/C15H18N4O2S/c20-15-14(17-16-11-22)12-3-1-2-4-13(12)19(15)6-5-18-7-9-21-10-8-18/h1-4,11,20H,5-10H2. The Kier molecular flexibility index (Phi) is 4.77. The van der Waals surface area contributed by atoms with Gasteiger partial charge in [-0.2, -0.15) is 0 Å². The second-order valence-corrected chi connectivity index (χ2v) is 5.33. The van der Waals surface area contributed by atoms with Crippen LogP contribution in [-0.4, -0.2) is 52.9 Å². The molecule has 7 heteroatoms. The lowest BCUT2D eigenvalue weighted by molar-refractivity contribution is 0.0363. The molecule has 1 aliphatic rings. The number of fused-ring (bicyclic) bond motifs is 1. The summed E-state index contributed by atoms with van der Waals surface area (Å²) >= 11 is 4.67. The molecule has 1 saturated heterocycles. The van der Waals surface area contributed by atoms with Crippen LogP contribution in [0.4, 0.5) is 5.69 Å². The van der Waals surface area contributed by atoms with E-state index in [-0.39, 0.29) is 5.88 Å². The Bertz CT molecular complexity index is 692. The van der Waals surface area contributed by atoms with E-state index in [0.29, 0.717) is 12.2 Å². The molecule has 1 aromatic carbocycles. The topological polar surface area (TPSA) is 62.4 Å². The molecule has 2 aromatic rings. The number of ether oxygens (including phenoxy) is 1. The zero-order valence-corrected chi connectivity index (χ0v) is 13.0. The SMILES string of the molecule is Oc1c(N=NC=S)c2ccccc2n1CCN1CCOCC1. The minimum atomic E-state index is 0.134. The quantitative estimate of drug-likeness (QED) is 0.680. The average Bonchev–Trinajstić information content (AvgIpc) is 2.83. The van der Waals surface area contributed by atoms with Gasteiger partial charge < -0.3 is 14.4 Å². The lowest BCUT2D eigenvalue weighted by Crippen LogP contribution is -2.38. The van der Waals surface area contributed by atoms with E-state index in [4.69, 9.17) is 4.74 Å². The van der Waals surface area contributed by atoms with Gasteiger partial charge in [0.25, 0.3) is 0 Å². The van der Waals surface area contributed by atoms with Gasteiger partial charge in [0.2, 0.25) is 5.88 Å². The summed E-state index contributed by atoms with van der Waals surface area (Å²) in [6.07, 6.45) is 0. The smallest absolute Gasteiger partial charge is 0.220 e. The van der Waals surface area contributed by atoms with Crippen molar-refractivity contribution in [1.82, 2.24) is 9.47 Å². The first kappa shape index (κ1) is 15.1. The van der Waals surface area contributed by atoms with Crippen molar-refractivity contribution >= 4 is 34.3 Å². The summed E-state index contributed by atoms with van der Waals surface area (Å²) in [5.74, 6) is 0.134. The van der Waals surface area contributed by atoms with E-state index >= 15 is 0 Å². The number of thiocarbonyl (C=S) groups is 1. The highest BCUT2D eigenvalue weighted by molar-refractivity contribution is 7.78. The lowest BCUT2D eigenvalue weighted by Gasteiger charge is -2.26. The number of para-hydroxylation sites is 1. The minimum absolute atomic E-state index is 0.134. The fourth-order valence-electron chi connectivity index (χ4n) is 2.74. The van der Waals surface area contributed by atoms with Gasteiger partial charge in [-0.15, -0.1) is 10.2 Å². The Morgan fingerprint density at radius 1 is 1.23 bits per heavy atom. The molecule has 2 heterocycles. The summed E-state index contributed by atoms with van der Waals surface area (Å²) in [5.41, 5.74) is 2.62. The molecule has 0 aliphatic carbocycles. The molecular formula is C15H18N4O2S. The molecule has 0 spiro atoms. The summed E-state index contributed by atoms with van der Waals surface area (Å²) < 4.78 is 7.23. The van der Waals surface area contributed by atoms with E-state index in [2.05, 4.69) is 27.3 Å². The van der Waals surface area contributed by atoms with Crippen LogP contribution in [0.25, 0.3) is 10.9 Å². The highest BCUT2D eigenvalue weighted by Gasteiger charge is 2.17. The minimum Gasteiger partial charge on any atom is -0.493 e. The van der Waals surface area contributed by atoms with Crippen LogP contribution in [-0.2, 0) is 11.3 Å². The van der Waals surface area contributed by atoms with Crippen LogP contribution in [0.2, 0.25) is 0 Å². The number of nitrogens with zero attached hydrogens (tertiary/aromatic N) is 4. The van der Waals surface area contributed by atoms with Crippen LogP contribution in [0.5, 0.6) is 5.88 Å². The second-order valence-electron chi connectivity index (χ2n) is 5.12. The molecule has 1 fully saturated rings. The van der Waals surface area contributed by atoms with Gasteiger partial charge in [0.1, 0.15) is 5.49 Å². The fraction of sp³-hybridized carbons (Fsp3) is 0.400. The molecule has 0 amide bonds. The predicted octanol–water partition coefficient (Wildman–Crippen LogP) is 2.72. The summed E-state index contributed by atoms with van der Waals surface area (Å²) in [4.78, 5) is 2.33. The average molecular weight is 318 g/mol. The van der Waals surface area contributed by atoms with Crippen molar-refractivity contribution in [1.29, 1.82) is 0 Å². The normalized spacial score (nSPS) is 16.5. The Morgan fingerprint density at radius 2 is 2.00 bits per heavy atom. The highest BCUT2D eigenvalue weighted by atomic mass is 32.1. The first-order chi connectivity index (χ1) is 10.8. The van der Waals surface area contributed by atoms with E-state index in [1.165, 1.54) is 5.49 Å². The van der Waals surface area contributed by atoms with E-state index < -0.39 is 0 Å². The van der Waals surface area contributed by atoms with Gasteiger partial charge in [0.05, 0.1) is 18.7 Å². The van der Waals surface area contributed by atoms with Crippen LogP contribution in [0, 0.1) is 0 Å². The van der Waals surface area contributed by atoms with Gasteiger partial charge in [0.15, 0.2) is 5.69 Å². The van der Waals surface area contributed by atoms with Crippen LogP contribution < -0.4 is 0 Å². The molecule has 0 atom stereocenters. The van der Waals surface area contributed by atoms with E-state index in [0.717, 1.165) is 43.8 Å². The molecule has 116 valence electrons. The third kappa shape index (κ3) is 3.01. The maximum atomic E-state index is 10.5. The fourth-order valence-corrected chi connectivity index (χ4v) is 2.79. The van der Waals surface area contributed by atoms with Crippen molar-refractivity contribution in [2.75, 3.05) is 32.8 Å². The molecule has 1 aliphatic heterocycles. The second kappa shape index (κ2) is 6.95. The van der Waals surface area contributed by atoms with Crippen molar-refractivity contribution in [3.05, 3.63) is 24.3 Å². The Hall–Kier alpha value is -1.83. The van der Waals surface area contributed by atoms with Gasteiger partial charge in [-0.25, -0.2) is 0 Å². The molecule has 6 nitrogen and oxygen atoms in total. The van der Waals surface area contributed by atoms with Crippen molar-refractivity contribution in [2.45, 2.75) is 6.54 Å². The van der Waals surface area contributed by atoms with Crippen molar-refractivity contribution < 1.29 is 9.84 Å². The highest BCUT2D eigenvalue weighted by Crippen LogP contribution is 2.38. The molecule has 1 aromatic heterocycles. The van der Waals surface area contributed by atoms with Gasteiger partial charge in [-0.3, -0.25) is 4.90 Å². The molecule has 0 saturated carbocycles. The van der Waals surface area contributed by atoms with E-state index in [1.807, 2.05) is 28.8 Å². The molecule has 22 heavy (non-hydrogen) atoms. The summed E-state index contributed by atoms with van der Waals surface area (Å²) in [6, 6.07) is 7.78. The maximum Gasteiger partial charge on any atom is 0.220 e. The third-order valence-electron chi connectivity index (χ3n) is 3.87. The molecule has 3 rings (SSSR count). The summed E-state index contributed by atoms with van der Waals surface area (Å²) in [5, 5.41) is 19.1. The van der Waals surface area contributed by atoms with Gasteiger partial charge in [-0.05, 0) is 6.07 Å².